The molecule has 25 heavy (non-hydrogen) atoms. The topological polar surface area (TPSA) is 127 Å². The lowest BCUT2D eigenvalue weighted by Crippen LogP contribution is -2.28. The average molecular weight is 352 g/mol. The molecule has 0 radical (unpaired) electrons. The summed E-state index contributed by atoms with van der Waals surface area (Å²) in [6.45, 7) is 9.20. The Balaban J connectivity index is 0. The van der Waals surface area contributed by atoms with E-state index in [4.69, 9.17) is 26.5 Å². The molecular formula is C19H32N2O4. The second-order valence-electron chi connectivity index (χ2n) is 5.37. The monoisotopic (exact) mass is 352 g/mol. The van der Waals surface area contributed by atoms with E-state index in [1.165, 1.54) is 30.0 Å². The Bertz CT molecular complexity index is 479. The van der Waals surface area contributed by atoms with Crippen LogP contribution >= 0.6 is 0 Å². The van der Waals surface area contributed by atoms with Crippen LogP contribution in [-0.2, 0) is 22.4 Å². The minimum atomic E-state index is -0.982. The summed E-state index contributed by atoms with van der Waals surface area (Å²) in [4.78, 5) is 18.3. The van der Waals surface area contributed by atoms with Crippen LogP contribution in [-0.4, -0.2) is 34.7 Å². The Morgan fingerprint density at radius 3 is 1.92 bits per heavy atom. The van der Waals surface area contributed by atoms with E-state index in [-0.39, 0.29) is 6.47 Å². The molecule has 1 aliphatic rings. The van der Waals surface area contributed by atoms with Gasteiger partial charge in [-0.2, -0.15) is 0 Å². The summed E-state index contributed by atoms with van der Waals surface area (Å²) >= 11 is 0. The standard InChI is InChI=1S/C11H15N.C5H9NO2.C2H6.CH2O2/c1-8(12)11-6-9-4-2-3-5-10(9)7-11;1-2-3-4(6)5(7)8;1-2;2-1-3/h2-5,8,11H,6-7,12H2,1H3;2,4H,1,3,6H2,(H,7,8);1-2H3;1H,(H,2,3). The van der Waals surface area contributed by atoms with Crippen molar-refractivity contribution in [1.82, 2.24) is 0 Å². The Morgan fingerprint density at radius 1 is 1.28 bits per heavy atom. The second-order valence-corrected chi connectivity index (χ2v) is 5.37. The van der Waals surface area contributed by atoms with Crippen molar-refractivity contribution in [1.29, 1.82) is 0 Å². The van der Waals surface area contributed by atoms with E-state index < -0.39 is 12.0 Å². The van der Waals surface area contributed by atoms with E-state index in [0.717, 1.165) is 0 Å². The molecule has 0 aromatic heterocycles. The Morgan fingerprint density at radius 2 is 1.68 bits per heavy atom. The Labute approximate surface area is 150 Å². The molecule has 2 atom stereocenters. The van der Waals surface area contributed by atoms with Crippen molar-refractivity contribution in [2.75, 3.05) is 0 Å². The zero-order valence-electron chi connectivity index (χ0n) is 15.4. The molecule has 0 amide bonds. The summed E-state index contributed by atoms with van der Waals surface area (Å²) in [7, 11) is 0. The van der Waals surface area contributed by atoms with Crippen LogP contribution in [0.15, 0.2) is 36.9 Å². The molecule has 0 bridgehead atoms. The maximum atomic E-state index is 9.92. The van der Waals surface area contributed by atoms with Gasteiger partial charge in [-0.3, -0.25) is 9.59 Å². The van der Waals surface area contributed by atoms with Gasteiger partial charge in [-0.25, -0.2) is 0 Å². The third kappa shape index (κ3) is 11.1. The summed E-state index contributed by atoms with van der Waals surface area (Å²) in [6, 6.07) is 8.21. The highest BCUT2D eigenvalue weighted by Crippen LogP contribution is 2.27. The number of carbonyl (C=O) groups is 2. The smallest absolute Gasteiger partial charge is 0.320 e. The molecule has 6 N–H and O–H groups in total. The molecule has 0 heterocycles. The first-order chi connectivity index (χ1) is 11.9. The predicted octanol–water partition coefficient (Wildman–Crippen LogP) is 2.45. The number of hydrogen-bond donors (Lipinski definition) is 4. The molecule has 0 saturated carbocycles. The number of rotatable bonds is 4. The first-order valence-corrected chi connectivity index (χ1v) is 8.36. The fraction of sp³-hybridized carbons (Fsp3) is 0.474. The van der Waals surface area contributed by atoms with Gasteiger partial charge in [0.25, 0.3) is 6.47 Å². The molecule has 2 rings (SSSR count). The quantitative estimate of drug-likeness (QED) is 0.487. The lowest BCUT2D eigenvalue weighted by Gasteiger charge is -2.12. The summed E-state index contributed by atoms with van der Waals surface area (Å²) in [5.41, 5.74) is 13.9. The molecule has 1 aromatic carbocycles. The molecule has 1 aromatic rings. The van der Waals surface area contributed by atoms with Crippen LogP contribution in [0.5, 0.6) is 0 Å². The molecule has 0 spiro atoms. The number of fused-ring (bicyclic) bond motifs is 1. The number of hydrogen-bond acceptors (Lipinski definition) is 4. The number of aliphatic carboxylic acids is 1. The zero-order chi connectivity index (χ0) is 19.8. The van der Waals surface area contributed by atoms with Crippen molar-refractivity contribution in [3.8, 4) is 0 Å². The van der Waals surface area contributed by atoms with Crippen LogP contribution in [0.2, 0.25) is 0 Å². The first-order valence-electron chi connectivity index (χ1n) is 8.36. The molecule has 0 fully saturated rings. The van der Waals surface area contributed by atoms with E-state index in [1.54, 1.807) is 0 Å². The van der Waals surface area contributed by atoms with Crippen molar-refractivity contribution >= 4 is 12.4 Å². The number of nitrogens with two attached hydrogens (primary N) is 2. The van der Waals surface area contributed by atoms with Gasteiger partial charge in [-0.05, 0) is 43.2 Å². The molecule has 6 heteroatoms. The molecule has 0 saturated heterocycles. The van der Waals surface area contributed by atoms with Gasteiger partial charge in [0.1, 0.15) is 6.04 Å². The van der Waals surface area contributed by atoms with Crippen LogP contribution < -0.4 is 11.5 Å². The predicted molar refractivity (Wildman–Crippen MR) is 101 cm³/mol. The largest absolute Gasteiger partial charge is 0.483 e. The van der Waals surface area contributed by atoms with E-state index >= 15 is 0 Å². The van der Waals surface area contributed by atoms with Crippen LogP contribution in [0.1, 0.15) is 38.3 Å². The minimum absolute atomic E-state index is 0.250. The Kier molecular flexibility index (Phi) is 15.4. The highest BCUT2D eigenvalue weighted by Gasteiger charge is 2.23. The van der Waals surface area contributed by atoms with Crippen molar-refractivity contribution in [2.45, 2.75) is 52.1 Å². The van der Waals surface area contributed by atoms with Crippen molar-refractivity contribution in [3.05, 3.63) is 48.0 Å². The lowest BCUT2D eigenvalue weighted by atomic mass is 9.99. The van der Waals surface area contributed by atoms with Gasteiger partial charge >= 0.3 is 5.97 Å². The van der Waals surface area contributed by atoms with E-state index in [2.05, 4.69) is 37.8 Å². The van der Waals surface area contributed by atoms with Gasteiger partial charge in [0, 0.05) is 6.04 Å². The fourth-order valence-corrected chi connectivity index (χ4v) is 2.25. The third-order valence-electron chi connectivity index (χ3n) is 3.56. The van der Waals surface area contributed by atoms with Crippen LogP contribution in [0, 0.1) is 5.92 Å². The van der Waals surface area contributed by atoms with Crippen molar-refractivity contribution in [2.24, 2.45) is 17.4 Å². The molecule has 0 aliphatic heterocycles. The summed E-state index contributed by atoms with van der Waals surface area (Å²) < 4.78 is 0. The average Bonchev–Trinajstić information content (AvgIpc) is 3.03. The van der Waals surface area contributed by atoms with Crippen molar-refractivity contribution < 1.29 is 19.8 Å². The van der Waals surface area contributed by atoms with Gasteiger partial charge in [0.15, 0.2) is 0 Å². The van der Waals surface area contributed by atoms with E-state index in [9.17, 15) is 4.79 Å². The van der Waals surface area contributed by atoms with Crippen molar-refractivity contribution in [3.63, 3.8) is 0 Å². The maximum Gasteiger partial charge on any atom is 0.320 e. The van der Waals surface area contributed by atoms with Crippen LogP contribution in [0.3, 0.4) is 0 Å². The normalized spacial score (nSPS) is 14.0. The van der Waals surface area contributed by atoms with Gasteiger partial charge in [-0.1, -0.05) is 44.2 Å². The number of carboxylic acids is 1. The SMILES string of the molecule is C=CCC(N)C(=O)O.CC.CC(N)C1Cc2ccccc2C1.O=CO. The van der Waals surface area contributed by atoms with Crippen LogP contribution in [0.25, 0.3) is 0 Å². The second kappa shape index (κ2) is 15.4. The lowest BCUT2D eigenvalue weighted by molar-refractivity contribution is -0.138. The molecule has 2 unspecified atom stereocenters. The van der Waals surface area contributed by atoms with E-state index in [0.29, 0.717) is 18.4 Å². The molecular weight excluding hydrogens is 320 g/mol. The van der Waals surface area contributed by atoms with Crippen LogP contribution in [0.4, 0.5) is 0 Å². The summed E-state index contributed by atoms with van der Waals surface area (Å²) in [6.07, 6.45) is 4.16. The van der Waals surface area contributed by atoms with Gasteiger partial charge < -0.3 is 21.7 Å². The molecule has 6 nitrogen and oxygen atoms in total. The maximum absolute atomic E-state index is 9.92. The minimum Gasteiger partial charge on any atom is -0.483 e. The van der Waals surface area contributed by atoms with Gasteiger partial charge in [-0.15, -0.1) is 6.58 Å². The fourth-order valence-electron chi connectivity index (χ4n) is 2.25. The van der Waals surface area contributed by atoms with Gasteiger partial charge in [0.05, 0.1) is 0 Å². The first kappa shape index (κ1) is 25.1. The number of carboxylic acid groups (broad SMARTS) is 2. The number of benzene rings is 1. The third-order valence-corrected chi connectivity index (χ3v) is 3.56. The van der Waals surface area contributed by atoms with E-state index in [1.807, 2.05) is 13.8 Å². The highest BCUT2D eigenvalue weighted by atomic mass is 16.4. The summed E-state index contributed by atoms with van der Waals surface area (Å²) in [5.74, 6) is -0.313. The molecule has 1 aliphatic carbocycles. The highest BCUT2D eigenvalue weighted by molar-refractivity contribution is 5.73. The van der Waals surface area contributed by atoms with Gasteiger partial charge in [0.2, 0.25) is 0 Å². The Hall–Kier alpha value is -2.18. The molecule has 142 valence electrons. The summed E-state index contributed by atoms with van der Waals surface area (Å²) in [5, 5.41) is 15.0. The zero-order valence-corrected chi connectivity index (χ0v) is 15.4.